The number of H-pyrrole nitrogens is 1. The predicted molar refractivity (Wildman–Crippen MR) is 122 cm³/mol. The second-order valence-corrected chi connectivity index (χ2v) is 7.67. The number of aliphatic hydroxyl groups excluding tert-OH is 1. The first-order valence-corrected chi connectivity index (χ1v) is 10.2. The number of nitrogens with one attached hydrogen (secondary N) is 1. The molecule has 0 saturated carbocycles. The molecule has 0 radical (unpaired) electrons. The first kappa shape index (κ1) is 20.1. The fraction of sp³-hybridized carbons (Fsp3) is 0.0385. The lowest BCUT2D eigenvalue weighted by atomic mass is 9.95. The molecule has 0 aliphatic carbocycles. The van der Waals surface area contributed by atoms with E-state index in [-0.39, 0.29) is 17.1 Å². The summed E-state index contributed by atoms with van der Waals surface area (Å²) >= 11 is 0. The van der Waals surface area contributed by atoms with Crippen LogP contribution in [0, 0.1) is 11.3 Å². The number of anilines is 1. The van der Waals surface area contributed by atoms with Crippen molar-refractivity contribution in [2.24, 2.45) is 0 Å². The number of aromatic amines is 1. The molecule has 3 N–H and O–H groups in total. The number of hydrogen-bond donors (Lipinski definition) is 3. The molecule has 33 heavy (non-hydrogen) atoms. The van der Waals surface area contributed by atoms with Crippen molar-refractivity contribution in [1.82, 2.24) is 4.98 Å². The van der Waals surface area contributed by atoms with Crippen LogP contribution in [0.2, 0.25) is 0 Å². The first-order chi connectivity index (χ1) is 16.0. The Hall–Kier alpha value is -4.83. The summed E-state index contributed by atoms with van der Waals surface area (Å²) in [5.41, 5.74) is 2.49. The topological polar surface area (TPSA) is 117 Å². The third kappa shape index (κ3) is 3.22. The van der Waals surface area contributed by atoms with Crippen LogP contribution in [0.1, 0.15) is 22.7 Å². The zero-order valence-corrected chi connectivity index (χ0v) is 17.2. The van der Waals surface area contributed by atoms with Gasteiger partial charge in [-0.15, -0.1) is 0 Å². The van der Waals surface area contributed by atoms with E-state index in [0.717, 1.165) is 5.52 Å². The average molecular weight is 435 g/mol. The Morgan fingerprint density at radius 1 is 0.970 bits per heavy atom. The third-order valence-electron chi connectivity index (χ3n) is 5.77. The molecule has 1 saturated heterocycles. The highest BCUT2D eigenvalue weighted by Crippen LogP contribution is 2.43. The first-order valence-electron chi connectivity index (χ1n) is 10.2. The Balaban J connectivity index is 1.74. The minimum Gasteiger partial charge on any atom is -0.508 e. The Kier molecular flexibility index (Phi) is 4.69. The number of aromatic hydroxyl groups is 1. The molecule has 1 unspecified atom stereocenters. The van der Waals surface area contributed by atoms with Crippen LogP contribution in [0.4, 0.5) is 5.69 Å². The molecular formula is C26H17N3O4. The fourth-order valence-electron chi connectivity index (χ4n) is 4.18. The number of hydrogen-bond acceptors (Lipinski definition) is 5. The van der Waals surface area contributed by atoms with Gasteiger partial charge < -0.3 is 15.2 Å². The van der Waals surface area contributed by atoms with Gasteiger partial charge in [0.05, 0.1) is 23.2 Å². The monoisotopic (exact) mass is 435 g/mol. The third-order valence-corrected chi connectivity index (χ3v) is 5.77. The second kappa shape index (κ2) is 7.70. The summed E-state index contributed by atoms with van der Waals surface area (Å²) in [6.45, 7) is 0. The van der Waals surface area contributed by atoms with Gasteiger partial charge in [-0.05, 0) is 48.0 Å². The van der Waals surface area contributed by atoms with Crippen molar-refractivity contribution in [3.63, 3.8) is 0 Å². The molecule has 5 rings (SSSR count). The number of phenols is 1. The maximum atomic E-state index is 13.2. The number of nitrogens with zero attached hydrogens (tertiary/aromatic N) is 2. The number of phenolic OH excluding ortho intramolecular Hbond substituents is 1. The van der Waals surface area contributed by atoms with Crippen molar-refractivity contribution >= 4 is 34.0 Å². The van der Waals surface area contributed by atoms with Gasteiger partial charge in [-0.3, -0.25) is 14.5 Å². The number of ketones is 1. The number of carbonyl (C=O) groups excluding carboxylic acids is 2. The molecule has 1 aromatic heterocycles. The van der Waals surface area contributed by atoms with Crippen LogP contribution in [0.5, 0.6) is 5.75 Å². The number of Topliss-reactive ketones (excluding diaryl/α,β-unsaturated/α-hetero) is 1. The molecule has 3 aromatic carbocycles. The van der Waals surface area contributed by atoms with Crippen molar-refractivity contribution < 1.29 is 19.8 Å². The minimum atomic E-state index is -0.924. The highest BCUT2D eigenvalue weighted by molar-refractivity contribution is 6.51. The van der Waals surface area contributed by atoms with E-state index in [0.29, 0.717) is 27.8 Å². The number of para-hydroxylation sites is 1. The van der Waals surface area contributed by atoms with E-state index in [1.165, 1.54) is 17.0 Å². The van der Waals surface area contributed by atoms with Gasteiger partial charge in [0.1, 0.15) is 11.5 Å². The quantitative estimate of drug-likeness (QED) is 0.251. The van der Waals surface area contributed by atoms with Crippen molar-refractivity contribution in [3.05, 3.63) is 101 Å². The molecule has 1 aliphatic heterocycles. The number of nitriles is 1. The lowest BCUT2D eigenvalue weighted by Gasteiger charge is -2.25. The summed E-state index contributed by atoms with van der Waals surface area (Å²) in [6, 6.07) is 20.8. The number of aromatic nitrogens is 1. The van der Waals surface area contributed by atoms with Crippen LogP contribution in [0.3, 0.4) is 0 Å². The molecule has 1 amide bonds. The van der Waals surface area contributed by atoms with Gasteiger partial charge in [0.15, 0.2) is 0 Å². The van der Waals surface area contributed by atoms with Gasteiger partial charge >= 0.3 is 0 Å². The Morgan fingerprint density at radius 3 is 2.36 bits per heavy atom. The summed E-state index contributed by atoms with van der Waals surface area (Å²) in [5.74, 6) is -1.87. The molecule has 0 spiro atoms. The van der Waals surface area contributed by atoms with Crippen LogP contribution in [-0.2, 0) is 9.59 Å². The molecule has 2 heterocycles. The maximum Gasteiger partial charge on any atom is 0.300 e. The van der Waals surface area contributed by atoms with Gasteiger partial charge in [-0.1, -0.05) is 30.3 Å². The van der Waals surface area contributed by atoms with E-state index in [1.807, 2.05) is 30.3 Å². The van der Waals surface area contributed by atoms with Crippen molar-refractivity contribution in [3.8, 4) is 11.8 Å². The lowest BCUT2D eigenvalue weighted by Crippen LogP contribution is -2.29. The van der Waals surface area contributed by atoms with Crippen LogP contribution in [-0.4, -0.2) is 26.9 Å². The fourth-order valence-corrected chi connectivity index (χ4v) is 4.18. The lowest BCUT2D eigenvalue weighted by molar-refractivity contribution is -0.132. The van der Waals surface area contributed by atoms with Crippen LogP contribution < -0.4 is 4.90 Å². The second-order valence-electron chi connectivity index (χ2n) is 7.67. The van der Waals surface area contributed by atoms with E-state index < -0.39 is 17.7 Å². The Morgan fingerprint density at radius 2 is 1.67 bits per heavy atom. The van der Waals surface area contributed by atoms with Gasteiger partial charge in [0.2, 0.25) is 0 Å². The molecule has 7 nitrogen and oxygen atoms in total. The molecule has 4 aromatic rings. The normalized spacial score (nSPS) is 17.4. The van der Waals surface area contributed by atoms with Gasteiger partial charge in [-0.25, -0.2) is 0 Å². The van der Waals surface area contributed by atoms with E-state index in [4.69, 9.17) is 5.26 Å². The minimum absolute atomic E-state index is 0.0331. The number of carbonyl (C=O) groups is 2. The zero-order valence-electron chi connectivity index (χ0n) is 17.2. The van der Waals surface area contributed by atoms with Gasteiger partial charge in [0, 0.05) is 28.4 Å². The smallest absolute Gasteiger partial charge is 0.300 e. The van der Waals surface area contributed by atoms with Gasteiger partial charge in [0.25, 0.3) is 11.7 Å². The van der Waals surface area contributed by atoms with E-state index in [1.54, 1.807) is 42.6 Å². The highest BCUT2D eigenvalue weighted by Gasteiger charge is 2.47. The molecule has 1 aliphatic rings. The van der Waals surface area contributed by atoms with Crippen LogP contribution in [0.15, 0.2) is 84.6 Å². The molecule has 1 atom stereocenters. The maximum absolute atomic E-state index is 13.2. The van der Waals surface area contributed by atoms with Crippen molar-refractivity contribution in [1.29, 1.82) is 5.26 Å². The largest absolute Gasteiger partial charge is 0.508 e. The van der Waals surface area contributed by atoms with Gasteiger partial charge in [-0.2, -0.15) is 5.26 Å². The summed E-state index contributed by atoms with van der Waals surface area (Å²) < 4.78 is 0. The van der Waals surface area contributed by atoms with Crippen LogP contribution >= 0.6 is 0 Å². The predicted octanol–water partition coefficient (Wildman–Crippen LogP) is 4.37. The number of benzene rings is 3. The molecular weight excluding hydrogens is 418 g/mol. The summed E-state index contributed by atoms with van der Waals surface area (Å²) in [6.07, 6.45) is 1.60. The Bertz CT molecular complexity index is 1470. The zero-order chi connectivity index (χ0) is 23.1. The summed E-state index contributed by atoms with van der Waals surface area (Å²) in [7, 11) is 0. The van der Waals surface area contributed by atoms with E-state index in [9.17, 15) is 19.8 Å². The average Bonchev–Trinajstić information content (AvgIpc) is 3.38. The number of aliphatic hydroxyl groups is 1. The SMILES string of the molecule is N#Cc1ccc(N2C(=O)C(=O)/C(=C(\O)c3c[nH]c4ccccc34)C2c2ccc(O)cc2)cc1. The number of amides is 1. The summed E-state index contributed by atoms with van der Waals surface area (Å²) in [5, 5.41) is 30.9. The molecule has 0 bridgehead atoms. The standard InChI is InChI=1S/C26H17N3O4/c27-13-15-5-9-17(10-6-15)29-23(16-7-11-18(30)12-8-16)22(25(32)26(29)33)24(31)20-14-28-21-4-2-1-3-19(20)21/h1-12,14,23,28,30-31H/b24-22-. The number of rotatable bonds is 3. The highest BCUT2D eigenvalue weighted by atomic mass is 16.3. The molecule has 1 fully saturated rings. The van der Waals surface area contributed by atoms with E-state index in [2.05, 4.69) is 4.98 Å². The summed E-state index contributed by atoms with van der Waals surface area (Å²) in [4.78, 5) is 30.8. The van der Waals surface area contributed by atoms with E-state index >= 15 is 0 Å². The van der Waals surface area contributed by atoms with Crippen molar-refractivity contribution in [2.45, 2.75) is 6.04 Å². The Labute approximate surface area is 188 Å². The molecule has 7 heteroatoms. The number of fused-ring (bicyclic) bond motifs is 1. The van der Waals surface area contributed by atoms with Crippen LogP contribution in [0.25, 0.3) is 16.7 Å². The molecule has 160 valence electrons. The van der Waals surface area contributed by atoms with Crippen molar-refractivity contribution in [2.75, 3.05) is 4.90 Å².